The Kier molecular flexibility index (Phi) is 3.92. The topological polar surface area (TPSA) is 36.1 Å². The van der Waals surface area contributed by atoms with Crippen LogP contribution in [-0.2, 0) is 11.2 Å². The lowest BCUT2D eigenvalue weighted by Crippen LogP contribution is -2.30. The number of aryl methyl sites for hydroxylation is 1. The Balaban J connectivity index is 1.45. The lowest BCUT2D eigenvalue weighted by atomic mass is 10.1. The van der Waals surface area contributed by atoms with Gasteiger partial charge in [0.2, 0.25) is 5.91 Å². The number of rotatable bonds is 4. The molecule has 1 N–H and O–H groups in total. The van der Waals surface area contributed by atoms with Crippen molar-refractivity contribution in [1.82, 2.24) is 9.88 Å². The fraction of sp³-hybridized carbons (Fsp3) is 0.316. The van der Waals surface area contributed by atoms with Crippen molar-refractivity contribution < 1.29 is 4.79 Å². The fourth-order valence-corrected chi connectivity index (χ4v) is 4.31. The van der Waals surface area contributed by atoms with Gasteiger partial charge in [-0.05, 0) is 53.3 Å². The number of aromatic amines is 1. The summed E-state index contributed by atoms with van der Waals surface area (Å²) in [6.07, 6.45) is 5.63. The maximum atomic E-state index is 12.7. The summed E-state index contributed by atoms with van der Waals surface area (Å²) in [5.74, 6) is 0.281. The van der Waals surface area contributed by atoms with Crippen LogP contribution in [0.2, 0.25) is 0 Å². The molecule has 0 aliphatic carbocycles. The third-order valence-corrected chi connectivity index (χ3v) is 5.49. The molecule has 118 valence electrons. The highest BCUT2D eigenvalue weighted by Crippen LogP contribution is 2.33. The normalized spacial score (nSPS) is 17.9. The van der Waals surface area contributed by atoms with Gasteiger partial charge in [-0.1, -0.05) is 18.2 Å². The highest BCUT2D eigenvalue weighted by molar-refractivity contribution is 7.08. The molecule has 3 heterocycles. The summed E-state index contributed by atoms with van der Waals surface area (Å²) in [6, 6.07) is 10.7. The lowest BCUT2D eigenvalue weighted by Gasteiger charge is -2.24. The molecule has 1 fully saturated rings. The van der Waals surface area contributed by atoms with Crippen LogP contribution in [0.1, 0.15) is 36.4 Å². The van der Waals surface area contributed by atoms with E-state index in [1.54, 1.807) is 11.3 Å². The monoisotopic (exact) mass is 324 g/mol. The van der Waals surface area contributed by atoms with Crippen LogP contribution in [0.25, 0.3) is 10.9 Å². The largest absolute Gasteiger partial charge is 0.361 e. The molecule has 1 atom stereocenters. The van der Waals surface area contributed by atoms with Crippen molar-refractivity contribution in [2.75, 3.05) is 6.54 Å². The van der Waals surface area contributed by atoms with Crippen molar-refractivity contribution in [1.29, 1.82) is 0 Å². The Morgan fingerprint density at radius 3 is 3.09 bits per heavy atom. The van der Waals surface area contributed by atoms with Gasteiger partial charge in [0.15, 0.2) is 0 Å². The molecular weight excluding hydrogens is 304 g/mol. The quantitative estimate of drug-likeness (QED) is 0.752. The number of amides is 1. The van der Waals surface area contributed by atoms with E-state index in [4.69, 9.17) is 0 Å². The van der Waals surface area contributed by atoms with Gasteiger partial charge in [-0.3, -0.25) is 4.79 Å². The highest BCUT2D eigenvalue weighted by Gasteiger charge is 2.29. The molecule has 1 aliphatic rings. The fourth-order valence-electron chi connectivity index (χ4n) is 3.60. The predicted molar refractivity (Wildman–Crippen MR) is 94.6 cm³/mol. The Bertz CT molecular complexity index is 806. The smallest absolute Gasteiger partial charge is 0.223 e. The van der Waals surface area contributed by atoms with E-state index in [1.807, 2.05) is 12.3 Å². The van der Waals surface area contributed by atoms with Crippen LogP contribution in [0.5, 0.6) is 0 Å². The van der Waals surface area contributed by atoms with Crippen LogP contribution in [0.3, 0.4) is 0 Å². The molecule has 3 aromatic rings. The molecule has 1 aromatic carbocycles. The van der Waals surface area contributed by atoms with E-state index in [-0.39, 0.29) is 11.9 Å². The van der Waals surface area contributed by atoms with Crippen molar-refractivity contribution in [3.63, 3.8) is 0 Å². The van der Waals surface area contributed by atoms with E-state index in [0.717, 1.165) is 31.3 Å². The summed E-state index contributed by atoms with van der Waals surface area (Å²) in [7, 11) is 0. The van der Waals surface area contributed by atoms with Crippen LogP contribution >= 0.6 is 11.3 Å². The zero-order chi connectivity index (χ0) is 15.6. The number of likely N-dealkylation sites (tertiary alicyclic amines) is 1. The molecule has 23 heavy (non-hydrogen) atoms. The Hall–Kier alpha value is -2.07. The first-order valence-electron chi connectivity index (χ1n) is 8.19. The zero-order valence-electron chi connectivity index (χ0n) is 13.0. The predicted octanol–water partition coefficient (Wildman–Crippen LogP) is 4.53. The Morgan fingerprint density at radius 2 is 2.22 bits per heavy atom. The summed E-state index contributed by atoms with van der Waals surface area (Å²) in [5, 5.41) is 5.51. The van der Waals surface area contributed by atoms with Gasteiger partial charge >= 0.3 is 0 Å². The average Bonchev–Trinajstić information content (AvgIpc) is 3.31. The number of hydrogen-bond donors (Lipinski definition) is 1. The van der Waals surface area contributed by atoms with Gasteiger partial charge in [0, 0.05) is 30.1 Å². The van der Waals surface area contributed by atoms with Gasteiger partial charge < -0.3 is 9.88 Å². The summed E-state index contributed by atoms with van der Waals surface area (Å²) in [5.41, 5.74) is 3.68. The Morgan fingerprint density at radius 1 is 1.30 bits per heavy atom. The van der Waals surface area contributed by atoms with E-state index in [9.17, 15) is 4.79 Å². The van der Waals surface area contributed by atoms with Gasteiger partial charge in [0.1, 0.15) is 0 Å². The highest BCUT2D eigenvalue weighted by atomic mass is 32.1. The summed E-state index contributed by atoms with van der Waals surface area (Å²) in [6.45, 7) is 0.896. The van der Waals surface area contributed by atoms with Crippen molar-refractivity contribution >= 4 is 28.1 Å². The minimum Gasteiger partial charge on any atom is -0.361 e. The summed E-state index contributed by atoms with van der Waals surface area (Å²) >= 11 is 1.71. The number of H-pyrrole nitrogens is 1. The van der Waals surface area contributed by atoms with E-state index in [0.29, 0.717) is 6.42 Å². The number of fused-ring (bicyclic) bond motifs is 1. The van der Waals surface area contributed by atoms with E-state index in [2.05, 4.69) is 44.9 Å². The van der Waals surface area contributed by atoms with Crippen molar-refractivity contribution in [2.24, 2.45) is 0 Å². The Labute approximate surface area is 139 Å². The van der Waals surface area contributed by atoms with Crippen LogP contribution in [0, 0.1) is 0 Å². The molecule has 1 aliphatic heterocycles. The van der Waals surface area contributed by atoms with Crippen LogP contribution in [-0.4, -0.2) is 22.3 Å². The summed E-state index contributed by atoms with van der Waals surface area (Å²) < 4.78 is 0. The van der Waals surface area contributed by atoms with Crippen LogP contribution in [0.15, 0.2) is 47.3 Å². The molecule has 2 aromatic heterocycles. The SMILES string of the molecule is O=C(CCc1c[nH]c2ccccc12)N1CCCC1c1ccsc1. The summed E-state index contributed by atoms with van der Waals surface area (Å²) in [4.78, 5) is 18.1. The molecular formula is C19H20N2OS. The van der Waals surface area contributed by atoms with Crippen LogP contribution in [0.4, 0.5) is 0 Å². The number of carbonyl (C=O) groups is 1. The van der Waals surface area contributed by atoms with Crippen molar-refractivity contribution in [3.05, 3.63) is 58.4 Å². The van der Waals surface area contributed by atoms with Crippen molar-refractivity contribution in [2.45, 2.75) is 31.7 Å². The number of thiophene rings is 1. The van der Waals surface area contributed by atoms with Gasteiger partial charge in [0.05, 0.1) is 6.04 Å². The molecule has 0 radical (unpaired) electrons. The minimum absolute atomic E-state index is 0.281. The van der Waals surface area contributed by atoms with Gasteiger partial charge in [-0.15, -0.1) is 0 Å². The lowest BCUT2D eigenvalue weighted by molar-refractivity contribution is -0.132. The molecule has 0 saturated carbocycles. The van der Waals surface area contributed by atoms with Crippen LogP contribution < -0.4 is 0 Å². The molecule has 1 saturated heterocycles. The van der Waals surface area contributed by atoms with E-state index in [1.165, 1.54) is 16.5 Å². The minimum atomic E-state index is 0.281. The number of aromatic nitrogens is 1. The van der Waals surface area contributed by atoms with Gasteiger partial charge in [-0.2, -0.15) is 11.3 Å². The first kappa shape index (κ1) is 14.5. The average molecular weight is 324 g/mol. The van der Waals surface area contributed by atoms with Crippen molar-refractivity contribution in [3.8, 4) is 0 Å². The second-order valence-corrected chi connectivity index (χ2v) is 6.94. The number of benzene rings is 1. The molecule has 4 rings (SSSR count). The number of hydrogen-bond acceptors (Lipinski definition) is 2. The van der Waals surface area contributed by atoms with E-state index >= 15 is 0 Å². The molecule has 3 nitrogen and oxygen atoms in total. The number of nitrogens with one attached hydrogen (secondary N) is 1. The number of para-hydroxylation sites is 1. The third-order valence-electron chi connectivity index (χ3n) is 4.78. The second kappa shape index (κ2) is 6.20. The van der Waals surface area contributed by atoms with E-state index < -0.39 is 0 Å². The number of carbonyl (C=O) groups excluding carboxylic acids is 1. The first-order valence-corrected chi connectivity index (χ1v) is 9.14. The molecule has 4 heteroatoms. The zero-order valence-corrected chi connectivity index (χ0v) is 13.8. The number of nitrogens with zero attached hydrogens (tertiary/aromatic N) is 1. The third kappa shape index (κ3) is 2.79. The first-order chi connectivity index (χ1) is 11.3. The molecule has 0 bridgehead atoms. The van der Waals surface area contributed by atoms with Gasteiger partial charge in [0.25, 0.3) is 0 Å². The van der Waals surface area contributed by atoms with Gasteiger partial charge in [-0.25, -0.2) is 0 Å². The molecule has 1 unspecified atom stereocenters. The maximum Gasteiger partial charge on any atom is 0.223 e. The molecule has 0 spiro atoms. The molecule has 1 amide bonds. The maximum absolute atomic E-state index is 12.7. The standard InChI is InChI=1S/C19H20N2OS/c22-19(21-10-3-6-18(21)15-9-11-23-13-15)8-7-14-12-20-17-5-2-1-4-16(14)17/h1-2,4-5,9,11-13,18,20H,3,6-8,10H2. The second-order valence-electron chi connectivity index (χ2n) is 6.16.